The fraction of sp³-hybridized carbons (Fsp3) is 0.474. The van der Waals surface area contributed by atoms with E-state index in [9.17, 15) is 0 Å². The molecule has 1 heterocycles. The maximum Gasteiger partial charge on any atom is 0.189 e. The summed E-state index contributed by atoms with van der Waals surface area (Å²) in [5.74, 6) is 0. The molecule has 0 atom stereocenters. The van der Waals surface area contributed by atoms with Crippen LogP contribution in [0.15, 0.2) is 54.1 Å². The van der Waals surface area contributed by atoms with Gasteiger partial charge in [-0.2, -0.15) is 0 Å². The Hall–Kier alpha value is -1.42. The molecule has 0 aromatic heterocycles. The SMILES string of the molecule is CCCCOC/C=C\C(C)=C/CC1OC(c2ccccc2)O1. The largest absolute Gasteiger partial charge is 0.377 e. The molecule has 1 aromatic rings. The van der Waals surface area contributed by atoms with Gasteiger partial charge in [-0.05, 0) is 13.3 Å². The molecule has 0 amide bonds. The molecule has 3 nitrogen and oxygen atoms in total. The number of rotatable bonds is 9. The zero-order valence-electron chi connectivity index (χ0n) is 13.5. The van der Waals surface area contributed by atoms with Gasteiger partial charge in [0.05, 0.1) is 6.61 Å². The zero-order chi connectivity index (χ0) is 15.6. The van der Waals surface area contributed by atoms with Gasteiger partial charge in [-0.25, -0.2) is 0 Å². The van der Waals surface area contributed by atoms with Gasteiger partial charge in [0.2, 0.25) is 0 Å². The highest BCUT2D eigenvalue weighted by Crippen LogP contribution is 2.33. The maximum absolute atomic E-state index is 5.73. The average molecular weight is 302 g/mol. The Morgan fingerprint density at radius 2 is 2.00 bits per heavy atom. The Kier molecular flexibility index (Phi) is 7.37. The smallest absolute Gasteiger partial charge is 0.189 e. The lowest BCUT2D eigenvalue weighted by atomic mass is 10.2. The van der Waals surface area contributed by atoms with Crippen molar-refractivity contribution >= 4 is 0 Å². The Labute approximate surface area is 133 Å². The molecule has 0 spiro atoms. The zero-order valence-corrected chi connectivity index (χ0v) is 13.5. The summed E-state index contributed by atoms with van der Waals surface area (Å²) in [5.41, 5.74) is 2.28. The first-order valence-corrected chi connectivity index (χ1v) is 8.06. The number of allylic oxidation sites excluding steroid dienone is 2. The molecule has 0 N–H and O–H groups in total. The quantitative estimate of drug-likeness (QED) is 0.486. The second-order valence-corrected chi connectivity index (χ2v) is 5.46. The molecule has 1 aliphatic heterocycles. The van der Waals surface area contributed by atoms with Crippen LogP contribution in [0.5, 0.6) is 0 Å². The van der Waals surface area contributed by atoms with Crippen molar-refractivity contribution in [1.29, 1.82) is 0 Å². The molecule has 2 rings (SSSR count). The van der Waals surface area contributed by atoms with Crippen LogP contribution in [0.2, 0.25) is 0 Å². The number of hydrogen-bond donors (Lipinski definition) is 0. The van der Waals surface area contributed by atoms with Crippen molar-refractivity contribution in [3.63, 3.8) is 0 Å². The highest BCUT2D eigenvalue weighted by atomic mass is 16.9. The van der Waals surface area contributed by atoms with Crippen LogP contribution in [0.4, 0.5) is 0 Å². The summed E-state index contributed by atoms with van der Waals surface area (Å²) in [6.07, 6.45) is 9.01. The minimum Gasteiger partial charge on any atom is -0.377 e. The van der Waals surface area contributed by atoms with E-state index in [0.29, 0.717) is 6.61 Å². The van der Waals surface area contributed by atoms with E-state index in [-0.39, 0.29) is 12.6 Å². The lowest BCUT2D eigenvalue weighted by Crippen LogP contribution is -2.33. The fourth-order valence-corrected chi connectivity index (χ4v) is 2.15. The molecular formula is C19H26O3. The van der Waals surface area contributed by atoms with Crippen molar-refractivity contribution in [2.24, 2.45) is 0 Å². The molecule has 3 heteroatoms. The Bertz CT molecular complexity index is 473. The van der Waals surface area contributed by atoms with Gasteiger partial charge in [0.1, 0.15) is 0 Å². The fourth-order valence-electron chi connectivity index (χ4n) is 2.15. The van der Waals surface area contributed by atoms with E-state index in [2.05, 4.69) is 32.1 Å². The van der Waals surface area contributed by atoms with Gasteiger partial charge in [-0.3, -0.25) is 0 Å². The normalized spacial score (nSPS) is 22.0. The summed E-state index contributed by atoms with van der Waals surface area (Å²) in [6.45, 7) is 5.76. The van der Waals surface area contributed by atoms with Crippen molar-refractivity contribution in [3.8, 4) is 0 Å². The first-order valence-electron chi connectivity index (χ1n) is 8.06. The maximum atomic E-state index is 5.73. The minimum absolute atomic E-state index is 0.130. The second-order valence-electron chi connectivity index (χ2n) is 5.46. The summed E-state index contributed by atoms with van der Waals surface area (Å²) >= 11 is 0. The molecule has 120 valence electrons. The Morgan fingerprint density at radius 3 is 2.73 bits per heavy atom. The van der Waals surface area contributed by atoms with E-state index in [4.69, 9.17) is 14.2 Å². The van der Waals surface area contributed by atoms with Crippen molar-refractivity contribution in [2.75, 3.05) is 13.2 Å². The molecule has 0 bridgehead atoms. The summed E-state index contributed by atoms with van der Waals surface area (Å²) < 4.78 is 16.9. The van der Waals surface area contributed by atoms with E-state index >= 15 is 0 Å². The molecule has 0 unspecified atom stereocenters. The summed E-state index contributed by atoms with van der Waals surface area (Å²) in [5, 5.41) is 0. The third kappa shape index (κ3) is 5.76. The lowest BCUT2D eigenvalue weighted by Gasteiger charge is -2.35. The summed E-state index contributed by atoms with van der Waals surface area (Å²) in [6, 6.07) is 10.0. The number of benzene rings is 1. The van der Waals surface area contributed by atoms with E-state index in [1.165, 1.54) is 12.0 Å². The van der Waals surface area contributed by atoms with Crippen LogP contribution < -0.4 is 0 Å². The van der Waals surface area contributed by atoms with E-state index in [1.807, 2.05) is 30.3 Å². The van der Waals surface area contributed by atoms with Gasteiger partial charge >= 0.3 is 0 Å². The summed E-state index contributed by atoms with van der Waals surface area (Å²) in [4.78, 5) is 0. The molecule has 0 aliphatic carbocycles. The van der Waals surface area contributed by atoms with E-state index in [1.54, 1.807) is 0 Å². The van der Waals surface area contributed by atoms with Crippen LogP contribution in [0, 0.1) is 0 Å². The third-order valence-electron chi connectivity index (χ3n) is 3.49. The van der Waals surface area contributed by atoms with Gasteiger partial charge < -0.3 is 14.2 Å². The van der Waals surface area contributed by atoms with Gasteiger partial charge in [-0.1, -0.05) is 67.5 Å². The molecule has 0 saturated carbocycles. The van der Waals surface area contributed by atoms with Crippen molar-refractivity contribution in [2.45, 2.75) is 45.7 Å². The van der Waals surface area contributed by atoms with Crippen LogP contribution in [-0.4, -0.2) is 19.5 Å². The van der Waals surface area contributed by atoms with Crippen LogP contribution in [-0.2, 0) is 14.2 Å². The average Bonchev–Trinajstić information content (AvgIpc) is 2.50. The molecule has 22 heavy (non-hydrogen) atoms. The number of hydrogen-bond acceptors (Lipinski definition) is 3. The van der Waals surface area contributed by atoms with Gasteiger partial charge in [0, 0.05) is 18.6 Å². The highest BCUT2D eigenvalue weighted by Gasteiger charge is 2.30. The monoisotopic (exact) mass is 302 g/mol. The molecule has 1 fully saturated rings. The topological polar surface area (TPSA) is 27.7 Å². The predicted molar refractivity (Wildman–Crippen MR) is 88.4 cm³/mol. The molecular weight excluding hydrogens is 276 g/mol. The Balaban J connectivity index is 1.61. The van der Waals surface area contributed by atoms with Crippen LogP contribution in [0.25, 0.3) is 0 Å². The highest BCUT2D eigenvalue weighted by molar-refractivity contribution is 5.18. The van der Waals surface area contributed by atoms with Gasteiger partial charge in [-0.15, -0.1) is 0 Å². The van der Waals surface area contributed by atoms with Crippen LogP contribution in [0.3, 0.4) is 0 Å². The number of ether oxygens (including phenoxy) is 3. The van der Waals surface area contributed by atoms with Gasteiger partial charge in [0.15, 0.2) is 12.6 Å². The minimum atomic E-state index is -0.206. The third-order valence-corrected chi connectivity index (χ3v) is 3.49. The van der Waals surface area contributed by atoms with E-state index in [0.717, 1.165) is 25.0 Å². The van der Waals surface area contributed by atoms with Gasteiger partial charge in [0.25, 0.3) is 0 Å². The standard InChI is InChI=1S/C19H26O3/c1-3-4-14-20-15-8-9-16(2)12-13-18-21-19(22-18)17-10-6-5-7-11-17/h5-12,18-19H,3-4,13-15H2,1-2H3/b9-8-,16-12-. The van der Waals surface area contributed by atoms with Crippen molar-refractivity contribution in [1.82, 2.24) is 0 Å². The molecule has 1 aliphatic rings. The Morgan fingerprint density at radius 1 is 1.23 bits per heavy atom. The van der Waals surface area contributed by atoms with Crippen LogP contribution in [0.1, 0.15) is 45.0 Å². The molecule has 1 saturated heterocycles. The first kappa shape index (κ1) is 16.9. The molecule has 0 radical (unpaired) electrons. The second kappa shape index (κ2) is 9.57. The van der Waals surface area contributed by atoms with Crippen LogP contribution >= 0.6 is 0 Å². The lowest BCUT2D eigenvalue weighted by molar-refractivity contribution is -0.388. The van der Waals surface area contributed by atoms with Crippen molar-refractivity contribution in [3.05, 3.63) is 59.7 Å². The van der Waals surface area contributed by atoms with Crippen molar-refractivity contribution < 1.29 is 14.2 Å². The molecule has 1 aromatic carbocycles. The van der Waals surface area contributed by atoms with E-state index < -0.39 is 0 Å². The predicted octanol–water partition coefficient (Wildman–Crippen LogP) is 4.77. The first-order chi connectivity index (χ1) is 10.8. The number of unbranched alkanes of at least 4 members (excludes halogenated alkanes) is 1. The summed E-state index contributed by atoms with van der Waals surface area (Å²) in [7, 11) is 0.